The van der Waals surface area contributed by atoms with Gasteiger partial charge in [-0.1, -0.05) is 67.7 Å². The number of allylic oxidation sites excluding steroid dienone is 7. The summed E-state index contributed by atoms with van der Waals surface area (Å²) in [4.78, 5) is 0. The molecule has 2 rings (SSSR count). The van der Waals surface area contributed by atoms with Crippen molar-refractivity contribution in [1.82, 2.24) is 0 Å². The van der Waals surface area contributed by atoms with Crippen LogP contribution < -0.4 is 0 Å². The van der Waals surface area contributed by atoms with Crippen LogP contribution in [0.1, 0.15) is 18.1 Å². The number of nitrogens with zero attached hydrogens (tertiary/aromatic N) is 1. The maximum atomic E-state index is 8.75. The molecule has 0 fully saturated rings. The first kappa shape index (κ1) is 13.1. The first-order valence-electron chi connectivity index (χ1n) is 6.49. The van der Waals surface area contributed by atoms with Crippen LogP contribution in [0.4, 0.5) is 0 Å². The van der Waals surface area contributed by atoms with Gasteiger partial charge < -0.3 is 0 Å². The first-order chi connectivity index (χ1) is 9.29. The van der Waals surface area contributed by atoms with Crippen LogP contribution in [0.25, 0.3) is 6.08 Å². The van der Waals surface area contributed by atoms with Crippen LogP contribution in [0.15, 0.2) is 66.8 Å². The van der Waals surface area contributed by atoms with E-state index in [4.69, 9.17) is 5.26 Å². The summed E-state index contributed by atoms with van der Waals surface area (Å²) in [5.74, 6) is 0.882. The minimum absolute atomic E-state index is 0.435. The van der Waals surface area contributed by atoms with E-state index >= 15 is 0 Å². The molecule has 0 radical (unpaired) electrons. The van der Waals surface area contributed by atoms with E-state index in [0.29, 0.717) is 17.4 Å². The molecule has 19 heavy (non-hydrogen) atoms. The molecule has 1 atom stereocenters. The molecule has 1 nitrogen and oxygen atoms in total. The van der Waals surface area contributed by atoms with Crippen molar-refractivity contribution in [3.05, 3.63) is 77.9 Å². The zero-order chi connectivity index (χ0) is 13.5. The molecule has 1 unspecified atom stereocenters. The summed E-state index contributed by atoms with van der Waals surface area (Å²) < 4.78 is 0. The smallest absolute Gasteiger partial charge is 0.0991 e. The SMILES string of the molecule is CC(/C=C/c1ccc(C#N)cc1)C1C=CC=CC=C1. The van der Waals surface area contributed by atoms with E-state index in [1.807, 2.05) is 36.4 Å². The molecule has 94 valence electrons. The number of hydrogen-bond donors (Lipinski definition) is 0. The third kappa shape index (κ3) is 3.82. The van der Waals surface area contributed by atoms with Gasteiger partial charge in [0.05, 0.1) is 11.6 Å². The van der Waals surface area contributed by atoms with Crippen LogP contribution >= 0.6 is 0 Å². The Morgan fingerprint density at radius 2 is 1.68 bits per heavy atom. The predicted molar refractivity (Wildman–Crippen MR) is 80.3 cm³/mol. The monoisotopic (exact) mass is 247 g/mol. The van der Waals surface area contributed by atoms with E-state index in [1.54, 1.807) is 0 Å². The van der Waals surface area contributed by atoms with E-state index < -0.39 is 0 Å². The molecular formula is C18H17N. The molecule has 0 aromatic heterocycles. The fourth-order valence-corrected chi connectivity index (χ4v) is 1.99. The van der Waals surface area contributed by atoms with Crippen molar-refractivity contribution in [2.45, 2.75) is 6.92 Å². The Morgan fingerprint density at radius 3 is 2.26 bits per heavy atom. The van der Waals surface area contributed by atoms with Crippen molar-refractivity contribution in [2.24, 2.45) is 11.8 Å². The van der Waals surface area contributed by atoms with Crippen LogP contribution in [0.3, 0.4) is 0 Å². The van der Waals surface area contributed by atoms with Gasteiger partial charge in [-0.3, -0.25) is 0 Å². The van der Waals surface area contributed by atoms with Gasteiger partial charge in [-0.2, -0.15) is 5.26 Å². The number of rotatable bonds is 3. The van der Waals surface area contributed by atoms with Crippen molar-refractivity contribution in [3.63, 3.8) is 0 Å². The maximum Gasteiger partial charge on any atom is 0.0991 e. The molecule has 0 N–H and O–H groups in total. The third-order valence-electron chi connectivity index (χ3n) is 3.24. The summed E-state index contributed by atoms with van der Waals surface area (Å²) in [6.45, 7) is 2.21. The summed E-state index contributed by atoms with van der Waals surface area (Å²) in [5, 5.41) is 8.75. The van der Waals surface area contributed by atoms with Crippen LogP contribution in [-0.4, -0.2) is 0 Å². The summed E-state index contributed by atoms with van der Waals surface area (Å²) in [7, 11) is 0. The molecular weight excluding hydrogens is 230 g/mol. The van der Waals surface area contributed by atoms with Crippen molar-refractivity contribution in [2.75, 3.05) is 0 Å². The Morgan fingerprint density at radius 1 is 1.05 bits per heavy atom. The zero-order valence-corrected chi connectivity index (χ0v) is 11.0. The molecule has 1 aromatic carbocycles. The fraction of sp³-hybridized carbons (Fsp3) is 0.167. The molecule has 1 aromatic rings. The zero-order valence-electron chi connectivity index (χ0n) is 11.0. The lowest BCUT2D eigenvalue weighted by atomic mass is 9.92. The Balaban J connectivity index is 2.03. The summed E-state index contributed by atoms with van der Waals surface area (Å²) in [5.41, 5.74) is 1.83. The molecule has 1 aliphatic carbocycles. The molecule has 0 saturated carbocycles. The van der Waals surface area contributed by atoms with Gasteiger partial charge >= 0.3 is 0 Å². The summed E-state index contributed by atoms with van der Waals surface area (Å²) in [6.07, 6.45) is 17.0. The van der Waals surface area contributed by atoms with Gasteiger partial charge in [-0.15, -0.1) is 0 Å². The second-order valence-corrected chi connectivity index (χ2v) is 4.68. The van der Waals surface area contributed by atoms with Crippen LogP contribution in [0, 0.1) is 23.2 Å². The normalized spacial score (nSPS) is 16.4. The Labute approximate surface area is 114 Å². The Bertz CT molecular complexity index is 549. The lowest BCUT2D eigenvalue weighted by molar-refractivity contribution is 0.615. The van der Waals surface area contributed by atoms with Crippen molar-refractivity contribution in [3.8, 4) is 6.07 Å². The molecule has 0 saturated heterocycles. The summed E-state index contributed by atoms with van der Waals surface area (Å²) in [6, 6.07) is 9.77. The molecule has 0 amide bonds. The number of hydrogen-bond acceptors (Lipinski definition) is 1. The van der Waals surface area contributed by atoms with E-state index in [0.717, 1.165) is 5.56 Å². The minimum atomic E-state index is 0.435. The van der Waals surface area contributed by atoms with Crippen molar-refractivity contribution in [1.29, 1.82) is 5.26 Å². The molecule has 1 heteroatoms. The lowest BCUT2D eigenvalue weighted by Gasteiger charge is -2.12. The highest BCUT2D eigenvalue weighted by Gasteiger charge is 2.08. The van der Waals surface area contributed by atoms with Gasteiger partial charge in [-0.25, -0.2) is 0 Å². The first-order valence-corrected chi connectivity index (χ1v) is 6.49. The van der Waals surface area contributed by atoms with Crippen LogP contribution in [0.5, 0.6) is 0 Å². The van der Waals surface area contributed by atoms with Gasteiger partial charge in [-0.05, 0) is 23.6 Å². The maximum absolute atomic E-state index is 8.75. The topological polar surface area (TPSA) is 23.8 Å². The van der Waals surface area contributed by atoms with E-state index in [1.165, 1.54) is 0 Å². The molecule has 0 spiro atoms. The van der Waals surface area contributed by atoms with Crippen LogP contribution in [-0.2, 0) is 0 Å². The Hall–Kier alpha value is -2.33. The standard InChI is InChI=1S/C18H17N/c1-15(18-6-4-2-3-5-7-18)8-9-16-10-12-17(14-19)13-11-16/h2-13,15,18H,1H3/b9-8+. The van der Waals surface area contributed by atoms with Crippen molar-refractivity contribution >= 4 is 6.08 Å². The highest BCUT2D eigenvalue weighted by atomic mass is 14.2. The second kappa shape index (κ2) is 6.56. The number of nitriles is 1. The molecule has 0 aliphatic heterocycles. The molecule has 0 bridgehead atoms. The number of benzene rings is 1. The fourth-order valence-electron chi connectivity index (χ4n) is 1.99. The van der Waals surface area contributed by atoms with Crippen molar-refractivity contribution < 1.29 is 0 Å². The second-order valence-electron chi connectivity index (χ2n) is 4.68. The molecule has 1 aliphatic rings. The van der Waals surface area contributed by atoms with Crippen LogP contribution in [0.2, 0.25) is 0 Å². The lowest BCUT2D eigenvalue weighted by Crippen LogP contribution is -2.02. The van der Waals surface area contributed by atoms with E-state index in [9.17, 15) is 0 Å². The predicted octanol–water partition coefficient (Wildman–Crippen LogP) is 4.51. The van der Waals surface area contributed by atoms with Gasteiger partial charge in [0.1, 0.15) is 0 Å². The highest BCUT2D eigenvalue weighted by molar-refractivity contribution is 5.51. The average Bonchev–Trinajstić information content (AvgIpc) is 2.74. The highest BCUT2D eigenvalue weighted by Crippen LogP contribution is 2.19. The third-order valence-corrected chi connectivity index (χ3v) is 3.24. The van der Waals surface area contributed by atoms with E-state index in [-0.39, 0.29) is 0 Å². The van der Waals surface area contributed by atoms with Gasteiger partial charge in [0, 0.05) is 5.92 Å². The van der Waals surface area contributed by atoms with Gasteiger partial charge in [0.2, 0.25) is 0 Å². The Kier molecular flexibility index (Phi) is 4.53. The van der Waals surface area contributed by atoms with Gasteiger partial charge in [0.25, 0.3) is 0 Å². The summed E-state index contributed by atoms with van der Waals surface area (Å²) >= 11 is 0. The minimum Gasteiger partial charge on any atom is -0.192 e. The molecule has 0 heterocycles. The average molecular weight is 247 g/mol. The van der Waals surface area contributed by atoms with E-state index in [2.05, 4.69) is 49.4 Å². The van der Waals surface area contributed by atoms with Gasteiger partial charge in [0.15, 0.2) is 0 Å². The quantitative estimate of drug-likeness (QED) is 0.771. The largest absolute Gasteiger partial charge is 0.192 e.